The summed E-state index contributed by atoms with van der Waals surface area (Å²) in [6.07, 6.45) is 8.91. The van der Waals surface area contributed by atoms with Gasteiger partial charge in [-0.3, -0.25) is 0 Å². The molecule has 0 radical (unpaired) electrons. The molecule has 0 saturated heterocycles. The minimum absolute atomic E-state index is 0.227. The Labute approximate surface area is 158 Å². The molecule has 0 amide bonds. The maximum atomic E-state index is 10.7. The van der Waals surface area contributed by atoms with Gasteiger partial charge in [0.2, 0.25) is 0 Å². The number of unbranched alkanes of at least 4 members (excludes halogenated alkanes) is 1. The van der Waals surface area contributed by atoms with Crippen LogP contribution in [0.1, 0.15) is 56.6 Å². The minimum Gasteiger partial charge on any atom is -0.494 e. The van der Waals surface area contributed by atoms with Crippen molar-refractivity contribution in [3.63, 3.8) is 0 Å². The lowest BCUT2D eigenvalue weighted by molar-refractivity contribution is 0.0872. The van der Waals surface area contributed by atoms with Gasteiger partial charge < -0.3 is 14.9 Å². The van der Waals surface area contributed by atoms with Crippen molar-refractivity contribution >= 4 is 0 Å². The molecule has 1 aromatic rings. The number of allylic oxidation sites excluding steroid dienone is 1. The molecule has 0 unspecified atom stereocenters. The normalized spacial score (nSPS) is 28.3. The van der Waals surface area contributed by atoms with Crippen LogP contribution in [0, 0.1) is 17.8 Å². The predicted molar refractivity (Wildman–Crippen MR) is 105 cm³/mol. The van der Waals surface area contributed by atoms with E-state index in [1.165, 1.54) is 11.1 Å². The smallest absolute Gasteiger partial charge is 0.122 e. The molecule has 0 aromatic heterocycles. The SMILES string of the molecule is C=CCCC[C@H](O)CC[C@@H]1[C@H]2Cc3cccc(OCC)c3C[C@H]2C[C@H]1O. The van der Waals surface area contributed by atoms with E-state index in [2.05, 4.69) is 24.8 Å². The molecule has 0 aliphatic heterocycles. The summed E-state index contributed by atoms with van der Waals surface area (Å²) in [5.74, 6) is 2.42. The second-order valence-electron chi connectivity index (χ2n) is 8.08. The van der Waals surface area contributed by atoms with E-state index in [1.807, 2.05) is 13.0 Å². The Morgan fingerprint density at radius 2 is 2.15 bits per heavy atom. The first-order valence-electron chi connectivity index (χ1n) is 10.3. The molecular weight excluding hydrogens is 324 g/mol. The third kappa shape index (κ3) is 4.32. The molecule has 0 heterocycles. The van der Waals surface area contributed by atoms with Crippen LogP contribution in [0.15, 0.2) is 30.9 Å². The number of hydrogen-bond acceptors (Lipinski definition) is 3. The number of aliphatic hydroxyl groups is 2. The van der Waals surface area contributed by atoms with Gasteiger partial charge in [-0.15, -0.1) is 6.58 Å². The van der Waals surface area contributed by atoms with E-state index in [0.717, 1.165) is 57.1 Å². The van der Waals surface area contributed by atoms with E-state index >= 15 is 0 Å². The number of ether oxygens (including phenoxy) is 1. The monoisotopic (exact) mass is 358 g/mol. The molecule has 1 aromatic carbocycles. The molecule has 3 heteroatoms. The van der Waals surface area contributed by atoms with Crippen LogP contribution in [0.3, 0.4) is 0 Å². The van der Waals surface area contributed by atoms with Gasteiger partial charge in [-0.1, -0.05) is 18.2 Å². The molecule has 1 saturated carbocycles. The lowest BCUT2D eigenvalue weighted by Gasteiger charge is -2.32. The average Bonchev–Trinajstić information content (AvgIpc) is 2.93. The van der Waals surface area contributed by atoms with E-state index < -0.39 is 0 Å². The quantitative estimate of drug-likeness (QED) is 0.511. The Bertz CT molecular complexity index is 597. The van der Waals surface area contributed by atoms with Crippen molar-refractivity contribution < 1.29 is 14.9 Å². The minimum atomic E-state index is -0.248. The van der Waals surface area contributed by atoms with Crippen LogP contribution in [0.5, 0.6) is 5.75 Å². The summed E-state index contributed by atoms with van der Waals surface area (Å²) in [5.41, 5.74) is 2.75. The zero-order valence-electron chi connectivity index (χ0n) is 16.1. The third-order valence-electron chi connectivity index (χ3n) is 6.42. The molecule has 3 nitrogen and oxygen atoms in total. The summed E-state index contributed by atoms with van der Waals surface area (Å²) in [6, 6.07) is 6.39. The number of hydrogen-bond donors (Lipinski definition) is 2. The van der Waals surface area contributed by atoms with Crippen molar-refractivity contribution in [2.24, 2.45) is 17.8 Å². The molecule has 5 atom stereocenters. The summed E-state index contributed by atoms with van der Waals surface area (Å²) in [5, 5.41) is 20.9. The molecule has 2 aliphatic carbocycles. The van der Waals surface area contributed by atoms with Gasteiger partial charge in [0.25, 0.3) is 0 Å². The zero-order valence-corrected chi connectivity index (χ0v) is 16.1. The Kier molecular flexibility index (Phi) is 6.77. The maximum absolute atomic E-state index is 10.7. The van der Waals surface area contributed by atoms with Crippen LogP contribution in [0.4, 0.5) is 0 Å². The first kappa shape index (κ1) is 19.4. The van der Waals surface area contributed by atoms with Crippen LogP contribution in [-0.4, -0.2) is 29.0 Å². The van der Waals surface area contributed by atoms with Crippen molar-refractivity contribution in [3.8, 4) is 5.75 Å². The van der Waals surface area contributed by atoms with Crippen LogP contribution in [-0.2, 0) is 12.8 Å². The first-order chi connectivity index (χ1) is 12.6. The van der Waals surface area contributed by atoms with Crippen molar-refractivity contribution in [1.29, 1.82) is 0 Å². The fourth-order valence-corrected chi connectivity index (χ4v) is 5.12. The van der Waals surface area contributed by atoms with Gasteiger partial charge in [0.1, 0.15) is 5.75 Å². The highest BCUT2D eigenvalue weighted by Crippen LogP contribution is 2.48. The van der Waals surface area contributed by atoms with E-state index in [9.17, 15) is 10.2 Å². The molecule has 2 aliphatic rings. The van der Waals surface area contributed by atoms with Crippen molar-refractivity contribution in [2.45, 2.75) is 70.5 Å². The van der Waals surface area contributed by atoms with E-state index in [4.69, 9.17) is 4.74 Å². The Balaban J connectivity index is 1.63. The average molecular weight is 359 g/mol. The third-order valence-corrected chi connectivity index (χ3v) is 6.42. The molecule has 3 rings (SSSR count). The van der Waals surface area contributed by atoms with Crippen LogP contribution in [0.25, 0.3) is 0 Å². The van der Waals surface area contributed by atoms with Crippen molar-refractivity contribution in [3.05, 3.63) is 42.0 Å². The second kappa shape index (κ2) is 9.05. The van der Waals surface area contributed by atoms with Gasteiger partial charge in [0, 0.05) is 0 Å². The lowest BCUT2D eigenvalue weighted by atomic mass is 9.73. The molecule has 1 fully saturated rings. The molecule has 2 N–H and O–H groups in total. The molecule has 144 valence electrons. The van der Waals surface area contributed by atoms with Gasteiger partial charge in [-0.25, -0.2) is 0 Å². The van der Waals surface area contributed by atoms with Gasteiger partial charge in [-0.05, 0) is 93.2 Å². The number of rotatable bonds is 9. The number of fused-ring (bicyclic) bond motifs is 2. The summed E-state index contributed by atoms with van der Waals surface area (Å²) < 4.78 is 5.83. The van der Waals surface area contributed by atoms with Crippen molar-refractivity contribution in [2.75, 3.05) is 6.61 Å². The largest absolute Gasteiger partial charge is 0.494 e. The summed E-state index contributed by atoms with van der Waals surface area (Å²) in [7, 11) is 0. The number of aliphatic hydroxyl groups excluding tert-OH is 2. The Hall–Kier alpha value is -1.32. The highest BCUT2D eigenvalue weighted by molar-refractivity contribution is 5.43. The van der Waals surface area contributed by atoms with Crippen LogP contribution < -0.4 is 4.74 Å². The van der Waals surface area contributed by atoms with Gasteiger partial charge >= 0.3 is 0 Å². The van der Waals surface area contributed by atoms with E-state index in [1.54, 1.807) is 0 Å². The Morgan fingerprint density at radius 1 is 1.31 bits per heavy atom. The molecule has 0 bridgehead atoms. The summed E-state index contributed by atoms with van der Waals surface area (Å²) in [6.45, 7) is 6.46. The summed E-state index contributed by atoms with van der Waals surface area (Å²) in [4.78, 5) is 0. The maximum Gasteiger partial charge on any atom is 0.122 e. The molecule has 26 heavy (non-hydrogen) atoms. The Morgan fingerprint density at radius 3 is 2.92 bits per heavy atom. The van der Waals surface area contributed by atoms with Gasteiger partial charge in [0.15, 0.2) is 0 Å². The van der Waals surface area contributed by atoms with Crippen LogP contribution >= 0.6 is 0 Å². The fraction of sp³-hybridized carbons (Fsp3) is 0.652. The van der Waals surface area contributed by atoms with E-state index in [-0.39, 0.29) is 12.2 Å². The van der Waals surface area contributed by atoms with Crippen molar-refractivity contribution in [1.82, 2.24) is 0 Å². The highest BCUT2D eigenvalue weighted by Gasteiger charge is 2.44. The fourth-order valence-electron chi connectivity index (χ4n) is 5.12. The zero-order chi connectivity index (χ0) is 18.5. The highest BCUT2D eigenvalue weighted by atomic mass is 16.5. The van der Waals surface area contributed by atoms with Gasteiger partial charge in [-0.2, -0.15) is 0 Å². The van der Waals surface area contributed by atoms with E-state index in [0.29, 0.717) is 24.4 Å². The lowest BCUT2D eigenvalue weighted by Crippen LogP contribution is -2.28. The topological polar surface area (TPSA) is 49.7 Å². The second-order valence-corrected chi connectivity index (χ2v) is 8.08. The predicted octanol–water partition coefficient (Wildman–Crippen LogP) is 4.29. The van der Waals surface area contributed by atoms with Crippen LogP contribution in [0.2, 0.25) is 0 Å². The summed E-state index contributed by atoms with van der Waals surface area (Å²) >= 11 is 0. The molecular formula is C23H34O3. The standard InChI is InChI=1S/C23H34O3/c1-3-5-6-9-18(24)11-12-19-20-13-16-8-7-10-23(26-4-2)21(16)14-17(20)15-22(19)25/h3,7-8,10,17-20,22,24-25H,1,4-6,9,11-15H2,2H3/t17-,18-,19+,20-,22+/m0/s1. The number of benzene rings is 1. The molecule has 0 spiro atoms. The van der Waals surface area contributed by atoms with Gasteiger partial charge in [0.05, 0.1) is 18.8 Å². The first-order valence-corrected chi connectivity index (χ1v) is 10.3.